The van der Waals surface area contributed by atoms with Gasteiger partial charge in [-0.1, -0.05) is 23.7 Å². The summed E-state index contributed by atoms with van der Waals surface area (Å²) in [6.07, 6.45) is 1.21. The molecule has 0 atom stereocenters. The summed E-state index contributed by atoms with van der Waals surface area (Å²) in [5.41, 5.74) is 2.41. The summed E-state index contributed by atoms with van der Waals surface area (Å²) in [5.74, 6) is 0. The molecule has 5 heteroatoms. The van der Waals surface area contributed by atoms with E-state index in [1.54, 1.807) is 0 Å². The summed E-state index contributed by atoms with van der Waals surface area (Å²) in [4.78, 5) is 14.3. The second-order valence-electron chi connectivity index (χ2n) is 3.64. The third kappa shape index (κ3) is 1.51. The zero-order valence-corrected chi connectivity index (χ0v) is 9.58. The SMILES string of the molecule is Cc1ccc(C)c2c(Cl)c([N+](=O)[O-])cnc12. The van der Waals surface area contributed by atoms with Crippen LogP contribution >= 0.6 is 11.6 Å². The Hall–Kier alpha value is -1.68. The van der Waals surface area contributed by atoms with Crippen LogP contribution in [0.1, 0.15) is 11.1 Å². The van der Waals surface area contributed by atoms with Crippen molar-refractivity contribution in [1.82, 2.24) is 4.98 Å². The lowest BCUT2D eigenvalue weighted by Gasteiger charge is -2.06. The molecule has 0 unspecified atom stereocenters. The summed E-state index contributed by atoms with van der Waals surface area (Å²) in [6, 6.07) is 3.81. The summed E-state index contributed by atoms with van der Waals surface area (Å²) in [5, 5.41) is 11.6. The van der Waals surface area contributed by atoms with Crippen LogP contribution in [0.25, 0.3) is 10.9 Å². The van der Waals surface area contributed by atoms with Crippen LogP contribution in [0.15, 0.2) is 18.3 Å². The lowest BCUT2D eigenvalue weighted by molar-refractivity contribution is -0.384. The lowest BCUT2D eigenvalue weighted by Crippen LogP contribution is -1.94. The topological polar surface area (TPSA) is 56.0 Å². The molecule has 2 aromatic rings. The predicted octanol–water partition coefficient (Wildman–Crippen LogP) is 3.41. The fourth-order valence-electron chi connectivity index (χ4n) is 1.68. The monoisotopic (exact) mass is 236 g/mol. The van der Waals surface area contributed by atoms with Crippen molar-refractivity contribution in [2.24, 2.45) is 0 Å². The first kappa shape index (κ1) is 10.8. The highest BCUT2D eigenvalue weighted by Crippen LogP contribution is 2.34. The molecule has 0 saturated heterocycles. The number of pyridine rings is 1. The molecule has 4 nitrogen and oxygen atoms in total. The van der Waals surface area contributed by atoms with E-state index in [-0.39, 0.29) is 10.7 Å². The molecule has 0 bridgehead atoms. The Morgan fingerprint density at radius 1 is 1.31 bits per heavy atom. The van der Waals surface area contributed by atoms with Crippen molar-refractivity contribution in [1.29, 1.82) is 0 Å². The van der Waals surface area contributed by atoms with E-state index in [0.717, 1.165) is 16.6 Å². The Balaban J connectivity index is 2.94. The minimum Gasteiger partial charge on any atom is -0.258 e. The van der Waals surface area contributed by atoms with Gasteiger partial charge in [0.15, 0.2) is 0 Å². The quantitative estimate of drug-likeness (QED) is 0.563. The normalized spacial score (nSPS) is 10.7. The van der Waals surface area contributed by atoms with Crippen LogP contribution in [0.2, 0.25) is 5.02 Å². The van der Waals surface area contributed by atoms with E-state index in [2.05, 4.69) is 4.98 Å². The molecule has 0 N–H and O–H groups in total. The van der Waals surface area contributed by atoms with Crippen molar-refractivity contribution < 1.29 is 4.92 Å². The molecular weight excluding hydrogens is 228 g/mol. The first-order chi connectivity index (χ1) is 7.52. The van der Waals surface area contributed by atoms with Crippen LogP contribution in [0.4, 0.5) is 5.69 Å². The highest BCUT2D eigenvalue weighted by Gasteiger charge is 2.18. The lowest BCUT2D eigenvalue weighted by atomic mass is 10.1. The van der Waals surface area contributed by atoms with E-state index in [0.29, 0.717) is 5.39 Å². The van der Waals surface area contributed by atoms with Gasteiger partial charge in [0, 0.05) is 5.39 Å². The van der Waals surface area contributed by atoms with E-state index in [1.807, 2.05) is 26.0 Å². The largest absolute Gasteiger partial charge is 0.306 e. The molecule has 0 amide bonds. The Morgan fingerprint density at radius 3 is 2.56 bits per heavy atom. The average molecular weight is 237 g/mol. The van der Waals surface area contributed by atoms with Gasteiger partial charge in [-0.2, -0.15) is 0 Å². The van der Waals surface area contributed by atoms with Crippen LogP contribution in [0.5, 0.6) is 0 Å². The van der Waals surface area contributed by atoms with Gasteiger partial charge >= 0.3 is 5.69 Å². The van der Waals surface area contributed by atoms with E-state index in [4.69, 9.17) is 11.6 Å². The van der Waals surface area contributed by atoms with Gasteiger partial charge in [0.2, 0.25) is 0 Å². The second kappa shape index (κ2) is 3.72. The number of benzene rings is 1. The van der Waals surface area contributed by atoms with E-state index in [9.17, 15) is 10.1 Å². The van der Waals surface area contributed by atoms with Crippen molar-refractivity contribution >= 4 is 28.2 Å². The highest BCUT2D eigenvalue weighted by atomic mass is 35.5. The minimum atomic E-state index is -0.517. The Kier molecular flexibility index (Phi) is 2.52. The van der Waals surface area contributed by atoms with Gasteiger partial charge in [0.1, 0.15) is 11.2 Å². The van der Waals surface area contributed by atoms with E-state index >= 15 is 0 Å². The number of aryl methyl sites for hydroxylation is 2. The zero-order valence-electron chi connectivity index (χ0n) is 8.82. The molecule has 0 fully saturated rings. The number of nitrogens with zero attached hydrogens (tertiary/aromatic N) is 2. The Bertz CT molecular complexity index is 596. The van der Waals surface area contributed by atoms with Crippen molar-refractivity contribution in [3.8, 4) is 0 Å². The summed E-state index contributed by atoms with van der Waals surface area (Å²) in [6.45, 7) is 3.76. The van der Waals surface area contributed by atoms with Crippen LogP contribution in [-0.4, -0.2) is 9.91 Å². The number of rotatable bonds is 1. The first-order valence-corrected chi connectivity index (χ1v) is 5.09. The molecule has 0 spiro atoms. The fourth-order valence-corrected chi connectivity index (χ4v) is 2.03. The highest BCUT2D eigenvalue weighted by molar-refractivity contribution is 6.37. The number of nitro groups is 1. The molecule has 82 valence electrons. The number of fused-ring (bicyclic) bond motifs is 1. The zero-order chi connectivity index (χ0) is 11.9. The summed E-state index contributed by atoms with van der Waals surface area (Å²) < 4.78 is 0. The van der Waals surface area contributed by atoms with Gasteiger partial charge in [-0.15, -0.1) is 0 Å². The van der Waals surface area contributed by atoms with Crippen molar-refractivity contribution in [2.75, 3.05) is 0 Å². The first-order valence-electron chi connectivity index (χ1n) is 4.71. The standard InChI is InChI=1S/C11H9ClN2O2/c1-6-3-4-7(2)11-9(6)10(12)8(5-13-11)14(15)16/h3-5H,1-2H3. The number of hydrogen-bond acceptors (Lipinski definition) is 3. The van der Waals surface area contributed by atoms with Crippen molar-refractivity contribution in [2.45, 2.75) is 13.8 Å². The van der Waals surface area contributed by atoms with E-state index < -0.39 is 4.92 Å². The van der Waals surface area contributed by atoms with Gasteiger partial charge in [0.25, 0.3) is 0 Å². The number of halogens is 1. The smallest absolute Gasteiger partial charge is 0.258 e. The minimum absolute atomic E-state index is 0.150. The maximum absolute atomic E-state index is 10.7. The molecule has 0 saturated carbocycles. The number of hydrogen-bond donors (Lipinski definition) is 0. The third-order valence-electron chi connectivity index (χ3n) is 2.55. The average Bonchev–Trinajstić information content (AvgIpc) is 2.23. The van der Waals surface area contributed by atoms with Gasteiger partial charge < -0.3 is 0 Å². The van der Waals surface area contributed by atoms with Gasteiger partial charge in [-0.25, -0.2) is 4.98 Å². The molecular formula is C11H9ClN2O2. The van der Waals surface area contributed by atoms with Gasteiger partial charge in [0.05, 0.1) is 10.4 Å². The molecule has 1 aromatic heterocycles. The third-order valence-corrected chi connectivity index (χ3v) is 2.93. The van der Waals surface area contributed by atoms with Crippen LogP contribution in [0.3, 0.4) is 0 Å². The predicted molar refractivity (Wildman–Crippen MR) is 62.9 cm³/mol. The van der Waals surface area contributed by atoms with Crippen molar-refractivity contribution in [3.63, 3.8) is 0 Å². The summed E-state index contributed by atoms with van der Waals surface area (Å²) in [7, 11) is 0. The van der Waals surface area contributed by atoms with Crippen LogP contribution in [-0.2, 0) is 0 Å². The second-order valence-corrected chi connectivity index (χ2v) is 4.02. The Labute approximate surface area is 97.0 Å². The molecule has 0 aliphatic heterocycles. The van der Waals surface area contributed by atoms with Crippen molar-refractivity contribution in [3.05, 3.63) is 44.6 Å². The maximum Gasteiger partial charge on any atom is 0.306 e. The molecule has 0 radical (unpaired) electrons. The molecule has 2 rings (SSSR count). The molecule has 0 aliphatic rings. The van der Waals surface area contributed by atoms with Crippen LogP contribution < -0.4 is 0 Å². The molecule has 1 heterocycles. The van der Waals surface area contributed by atoms with Crippen LogP contribution in [0, 0.1) is 24.0 Å². The van der Waals surface area contributed by atoms with Gasteiger partial charge in [-0.3, -0.25) is 10.1 Å². The van der Waals surface area contributed by atoms with Gasteiger partial charge in [-0.05, 0) is 25.0 Å². The Morgan fingerprint density at radius 2 is 1.94 bits per heavy atom. The summed E-state index contributed by atoms with van der Waals surface area (Å²) >= 11 is 6.03. The molecule has 1 aromatic carbocycles. The molecule has 0 aliphatic carbocycles. The fraction of sp³-hybridized carbons (Fsp3) is 0.182. The number of aromatic nitrogens is 1. The molecule has 16 heavy (non-hydrogen) atoms. The van der Waals surface area contributed by atoms with E-state index in [1.165, 1.54) is 6.20 Å². The maximum atomic E-state index is 10.7.